The number of benzene rings is 1. The van der Waals surface area contributed by atoms with Crippen molar-refractivity contribution in [3.63, 3.8) is 0 Å². The van der Waals surface area contributed by atoms with Crippen LogP contribution in [0.3, 0.4) is 0 Å². The summed E-state index contributed by atoms with van der Waals surface area (Å²) < 4.78 is 0. The molecular formula is C14H16N2OS. The van der Waals surface area contributed by atoms with Gasteiger partial charge in [0.15, 0.2) is 5.01 Å². The number of carbonyl (C=O) groups is 1. The van der Waals surface area contributed by atoms with Gasteiger partial charge in [-0.25, -0.2) is 4.98 Å². The van der Waals surface area contributed by atoms with E-state index in [1.54, 1.807) is 6.20 Å². The van der Waals surface area contributed by atoms with Crippen LogP contribution < -0.4 is 5.73 Å². The Labute approximate surface area is 111 Å². The molecule has 1 atom stereocenters. The smallest absolute Gasteiger partial charge is 0.207 e. The molecule has 2 aromatic rings. The zero-order valence-electron chi connectivity index (χ0n) is 10.3. The van der Waals surface area contributed by atoms with Crippen LogP contribution in [0.4, 0.5) is 0 Å². The third-order valence-electron chi connectivity index (χ3n) is 2.71. The third kappa shape index (κ3) is 2.83. The van der Waals surface area contributed by atoms with Gasteiger partial charge < -0.3 is 5.73 Å². The highest BCUT2D eigenvalue weighted by Crippen LogP contribution is 2.26. The molecule has 0 fully saturated rings. The van der Waals surface area contributed by atoms with Gasteiger partial charge in [-0.2, -0.15) is 0 Å². The number of rotatable bonds is 5. The zero-order valence-corrected chi connectivity index (χ0v) is 11.1. The summed E-state index contributed by atoms with van der Waals surface area (Å²) in [5.41, 5.74) is 6.91. The van der Waals surface area contributed by atoms with E-state index in [0.717, 1.165) is 16.9 Å². The molecule has 3 nitrogen and oxygen atoms in total. The lowest BCUT2D eigenvalue weighted by molar-refractivity contribution is 0.0956. The molecule has 0 bridgehead atoms. The summed E-state index contributed by atoms with van der Waals surface area (Å²) in [6, 6.07) is 9.50. The molecule has 94 valence electrons. The Morgan fingerprint density at radius 1 is 1.39 bits per heavy atom. The van der Waals surface area contributed by atoms with E-state index in [2.05, 4.69) is 4.98 Å². The van der Waals surface area contributed by atoms with E-state index >= 15 is 0 Å². The quantitative estimate of drug-likeness (QED) is 0.840. The van der Waals surface area contributed by atoms with Crippen molar-refractivity contribution in [1.82, 2.24) is 4.98 Å². The predicted molar refractivity (Wildman–Crippen MR) is 74.8 cm³/mol. The van der Waals surface area contributed by atoms with E-state index in [1.807, 2.05) is 37.3 Å². The SMILES string of the molecule is CCCC(N)C(=O)c1ncc(-c2ccccc2)s1. The van der Waals surface area contributed by atoms with Crippen molar-refractivity contribution in [2.75, 3.05) is 0 Å². The Kier molecular flexibility index (Phi) is 4.23. The van der Waals surface area contributed by atoms with Crippen LogP contribution in [0.1, 0.15) is 29.6 Å². The van der Waals surface area contributed by atoms with Gasteiger partial charge in [-0.05, 0) is 12.0 Å². The highest BCUT2D eigenvalue weighted by molar-refractivity contribution is 7.17. The molecular weight excluding hydrogens is 244 g/mol. The lowest BCUT2D eigenvalue weighted by Crippen LogP contribution is -2.30. The molecule has 1 unspecified atom stereocenters. The molecule has 0 saturated carbocycles. The van der Waals surface area contributed by atoms with Gasteiger partial charge in [0.2, 0.25) is 5.78 Å². The molecule has 0 spiro atoms. The molecule has 4 heteroatoms. The lowest BCUT2D eigenvalue weighted by Gasteiger charge is -2.05. The normalized spacial score (nSPS) is 12.3. The standard InChI is InChI=1S/C14H16N2OS/c1-2-6-11(15)13(17)14-16-9-12(18-14)10-7-4-3-5-8-10/h3-5,7-9,11H,2,6,15H2,1H3. The summed E-state index contributed by atoms with van der Waals surface area (Å²) in [5, 5.41) is 0.509. The van der Waals surface area contributed by atoms with Crippen LogP contribution in [0.2, 0.25) is 0 Å². The Morgan fingerprint density at radius 2 is 2.11 bits per heavy atom. The largest absolute Gasteiger partial charge is 0.321 e. The number of Topliss-reactive ketones (excluding diaryl/α,β-unsaturated/α-hetero) is 1. The second-order valence-electron chi connectivity index (χ2n) is 4.16. The van der Waals surface area contributed by atoms with Crippen molar-refractivity contribution in [1.29, 1.82) is 0 Å². The molecule has 18 heavy (non-hydrogen) atoms. The number of nitrogens with zero attached hydrogens (tertiary/aromatic N) is 1. The predicted octanol–water partition coefficient (Wildman–Crippen LogP) is 3.12. The third-order valence-corrected chi connectivity index (χ3v) is 3.77. The van der Waals surface area contributed by atoms with Gasteiger partial charge in [0.05, 0.1) is 10.9 Å². The number of nitrogens with two attached hydrogens (primary N) is 1. The Balaban J connectivity index is 2.18. The van der Waals surface area contributed by atoms with Crippen molar-refractivity contribution in [3.05, 3.63) is 41.5 Å². The fourth-order valence-corrected chi connectivity index (χ4v) is 2.65. The van der Waals surface area contributed by atoms with Gasteiger partial charge >= 0.3 is 0 Å². The Morgan fingerprint density at radius 3 is 2.78 bits per heavy atom. The minimum atomic E-state index is -0.426. The zero-order chi connectivity index (χ0) is 13.0. The van der Waals surface area contributed by atoms with Crippen molar-refractivity contribution < 1.29 is 4.79 Å². The molecule has 1 aromatic carbocycles. The van der Waals surface area contributed by atoms with E-state index in [-0.39, 0.29) is 5.78 Å². The van der Waals surface area contributed by atoms with Gasteiger partial charge in [0.25, 0.3) is 0 Å². The maximum atomic E-state index is 12.0. The molecule has 0 aliphatic carbocycles. The first-order chi connectivity index (χ1) is 8.72. The molecule has 1 aromatic heterocycles. The second kappa shape index (κ2) is 5.89. The fraction of sp³-hybridized carbons (Fsp3) is 0.286. The fourth-order valence-electron chi connectivity index (χ4n) is 1.72. The number of hydrogen-bond donors (Lipinski definition) is 1. The van der Waals surface area contributed by atoms with Crippen LogP contribution in [-0.2, 0) is 0 Å². The number of hydrogen-bond acceptors (Lipinski definition) is 4. The van der Waals surface area contributed by atoms with Gasteiger partial charge in [0.1, 0.15) is 0 Å². The van der Waals surface area contributed by atoms with Gasteiger partial charge in [-0.1, -0.05) is 43.7 Å². The summed E-state index contributed by atoms with van der Waals surface area (Å²) in [7, 11) is 0. The molecule has 0 radical (unpaired) electrons. The summed E-state index contributed by atoms with van der Waals surface area (Å²) in [6.07, 6.45) is 3.36. The highest BCUT2D eigenvalue weighted by Gasteiger charge is 2.18. The van der Waals surface area contributed by atoms with E-state index in [9.17, 15) is 4.79 Å². The van der Waals surface area contributed by atoms with Crippen molar-refractivity contribution in [3.8, 4) is 10.4 Å². The summed E-state index contributed by atoms with van der Waals surface area (Å²) >= 11 is 1.41. The molecule has 2 rings (SSSR count). The highest BCUT2D eigenvalue weighted by atomic mass is 32.1. The minimum Gasteiger partial charge on any atom is -0.321 e. The number of carbonyl (C=O) groups excluding carboxylic acids is 1. The summed E-state index contributed by atoms with van der Waals surface area (Å²) in [6.45, 7) is 2.02. The van der Waals surface area contributed by atoms with E-state index in [4.69, 9.17) is 5.73 Å². The molecule has 0 saturated heterocycles. The molecule has 2 N–H and O–H groups in total. The average Bonchev–Trinajstić information content (AvgIpc) is 2.89. The van der Waals surface area contributed by atoms with Gasteiger partial charge in [0, 0.05) is 6.20 Å². The maximum Gasteiger partial charge on any atom is 0.207 e. The number of thiazole rings is 1. The Hall–Kier alpha value is -1.52. The van der Waals surface area contributed by atoms with Crippen LogP contribution in [0, 0.1) is 0 Å². The minimum absolute atomic E-state index is 0.0518. The lowest BCUT2D eigenvalue weighted by atomic mass is 10.1. The van der Waals surface area contributed by atoms with Crippen molar-refractivity contribution >= 4 is 17.1 Å². The maximum absolute atomic E-state index is 12.0. The van der Waals surface area contributed by atoms with Crippen molar-refractivity contribution in [2.24, 2.45) is 5.73 Å². The monoisotopic (exact) mass is 260 g/mol. The number of aromatic nitrogens is 1. The van der Waals surface area contributed by atoms with Crippen molar-refractivity contribution in [2.45, 2.75) is 25.8 Å². The van der Waals surface area contributed by atoms with E-state index in [1.165, 1.54) is 11.3 Å². The van der Waals surface area contributed by atoms with Gasteiger partial charge in [-0.15, -0.1) is 11.3 Å². The van der Waals surface area contributed by atoms with E-state index in [0.29, 0.717) is 11.4 Å². The van der Waals surface area contributed by atoms with Crippen LogP contribution in [0.15, 0.2) is 36.5 Å². The van der Waals surface area contributed by atoms with Crippen LogP contribution in [0.25, 0.3) is 10.4 Å². The van der Waals surface area contributed by atoms with Crippen LogP contribution >= 0.6 is 11.3 Å². The molecule has 1 heterocycles. The van der Waals surface area contributed by atoms with Crippen LogP contribution in [-0.4, -0.2) is 16.8 Å². The summed E-state index contributed by atoms with van der Waals surface area (Å²) in [4.78, 5) is 17.2. The molecule has 0 aliphatic heterocycles. The van der Waals surface area contributed by atoms with Crippen LogP contribution in [0.5, 0.6) is 0 Å². The number of ketones is 1. The molecule has 0 aliphatic rings. The first-order valence-corrected chi connectivity index (χ1v) is 6.85. The first-order valence-electron chi connectivity index (χ1n) is 6.03. The first kappa shape index (κ1) is 12.9. The van der Waals surface area contributed by atoms with Gasteiger partial charge in [-0.3, -0.25) is 4.79 Å². The van der Waals surface area contributed by atoms with E-state index < -0.39 is 6.04 Å². The Bertz CT molecular complexity index is 522. The topological polar surface area (TPSA) is 56.0 Å². The average molecular weight is 260 g/mol. The second-order valence-corrected chi connectivity index (χ2v) is 5.19. The summed E-state index contributed by atoms with van der Waals surface area (Å²) in [5.74, 6) is -0.0518. The molecule has 0 amide bonds.